The molecule has 8 heteroatoms. The van der Waals surface area contributed by atoms with Crippen LogP contribution in [0.25, 0.3) is 6.08 Å². The van der Waals surface area contributed by atoms with Crippen molar-refractivity contribution in [1.29, 1.82) is 0 Å². The van der Waals surface area contributed by atoms with E-state index >= 15 is 0 Å². The molecule has 5 nitrogen and oxygen atoms in total. The number of allylic oxidation sites excluding steroid dienone is 1. The van der Waals surface area contributed by atoms with E-state index in [1.54, 1.807) is 34.1 Å². The molecule has 0 saturated carbocycles. The fourth-order valence-electron chi connectivity index (χ4n) is 1.91. The van der Waals surface area contributed by atoms with Gasteiger partial charge in [0.25, 0.3) is 0 Å². The maximum Gasteiger partial charge on any atom is 0.433 e. The monoisotopic (exact) mass is 343 g/mol. The number of fused-ring (bicyclic) bond motifs is 1. The third-order valence-corrected chi connectivity index (χ3v) is 5.18. The van der Waals surface area contributed by atoms with E-state index in [-0.39, 0.29) is 24.0 Å². The summed E-state index contributed by atoms with van der Waals surface area (Å²) in [5.41, 5.74) is 1.99. The molecule has 0 saturated heterocycles. The van der Waals surface area contributed by atoms with Crippen LogP contribution >= 0.6 is 35.5 Å². The standard InChI is InChI=1S/C13H11N2O3S2.ClH/c1-8-7-19-13-14(8)12(16)11(20-13)6-9-2-4-10(5-3-9)15(17)18;/h2-7,15,17H,1H3;1H/q+1;/b11-6-;. The van der Waals surface area contributed by atoms with E-state index < -0.39 is 5.23 Å². The number of halogens is 1. The summed E-state index contributed by atoms with van der Waals surface area (Å²) in [6.45, 7) is 1.91. The molecule has 0 bridgehead atoms. The number of nitrogens with one attached hydrogen (secondary N) is 1. The van der Waals surface area contributed by atoms with Crippen LogP contribution in [0.5, 0.6) is 0 Å². The second kappa shape index (κ2) is 6.27. The maximum absolute atomic E-state index is 12.2. The zero-order valence-corrected chi connectivity index (χ0v) is 13.3. The van der Waals surface area contributed by atoms with Gasteiger partial charge in [-0.15, -0.1) is 17.0 Å². The summed E-state index contributed by atoms with van der Waals surface area (Å²) in [6, 6.07) is 6.47. The number of carbonyl (C=O) groups excluding carboxylic acids is 1. The van der Waals surface area contributed by atoms with E-state index in [1.165, 1.54) is 23.9 Å². The SMILES string of the molecule is Cc1csc2[n+]1C(=O)/C(=C/c1ccc([NH+]([O-])O)cc1)S2.Cl. The minimum Gasteiger partial charge on any atom is -0.595 e. The lowest BCUT2D eigenvalue weighted by molar-refractivity contribution is -0.991. The third kappa shape index (κ3) is 3.03. The van der Waals surface area contributed by atoms with Crippen LogP contribution in [0.3, 0.4) is 0 Å². The molecule has 1 aliphatic rings. The molecule has 2 aromatic rings. The van der Waals surface area contributed by atoms with Gasteiger partial charge in [0, 0.05) is 30.8 Å². The molecule has 1 atom stereocenters. The smallest absolute Gasteiger partial charge is 0.433 e. The summed E-state index contributed by atoms with van der Waals surface area (Å²) in [5.74, 6) is -0.0222. The zero-order chi connectivity index (χ0) is 14.3. The van der Waals surface area contributed by atoms with Gasteiger partial charge in [-0.25, -0.2) is 10.0 Å². The summed E-state index contributed by atoms with van der Waals surface area (Å²) in [6.07, 6.45) is 1.79. The Kier molecular flexibility index (Phi) is 4.82. The molecule has 0 aliphatic carbocycles. The number of hydrogen-bond donors (Lipinski definition) is 2. The maximum atomic E-state index is 12.2. The first-order chi connectivity index (χ1) is 9.56. The third-order valence-electron chi connectivity index (χ3n) is 2.93. The lowest BCUT2D eigenvalue weighted by Crippen LogP contribution is -2.99. The van der Waals surface area contributed by atoms with Crippen LogP contribution in [0.1, 0.15) is 16.1 Å². The molecule has 2 N–H and O–H groups in total. The Hall–Kier alpha value is -1.22. The number of nitrogens with zero attached hydrogens (tertiary/aromatic N) is 1. The molecule has 2 heterocycles. The quantitative estimate of drug-likeness (QED) is 0.497. The molecular formula is C13H12ClN2O3S2+. The Bertz CT molecular complexity index is 711. The summed E-state index contributed by atoms with van der Waals surface area (Å²) >= 11 is 3.00. The van der Waals surface area contributed by atoms with Crippen LogP contribution < -0.4 is 9.79 Å². The number of rotatable bonds is 2. The van der Waals surface area contributed by atoms with Gasteiger partial charge in [0.1, 0.15) is 4.91 Å². The van der Waals surface area contributed by atoms with Gasteiger partial charge in [-0.05, 0) is 23.8 Å². The van der Waals surface area contributed by atoms with E-state index in [2.05, 4.69) is 0 Å². The van der Waals surface area contributed by atoms with Crippen molar-refractivity contribution < 1.29 is 19.8 Å². The predicted molar refractivity (Wildman–Crippen MR) is 83.2 cm³/mol. The highest BCUT2D eigenvalue weighted by Gasteiger charge is 2.38. The number of benzene rings is 1. The van der Waals surface area contributed by atoms with Crippen molar-refractivity contribution in [1.82, 2.24) is 0 Å². The Morgan fingerprint density at radius 3 is 2.57 bits per heavy atom. The number of aryl methyl sites for hydroxylation is 1. The molecule has 110 valence electrons. The van der Waals surface area contributed by atoms with Gasteiger partial charge in [-0.2, -0.15) is 5.23 Å². The van der Waals surface area contributed by atoms with E-state index in [1.807, 2.05) is 12.3 Å². The van der Waals surface area contributed by atoms with Gasteiger partial charge in [-0.3, -0.25) is 0 Å². The van der Waals surface area contributed by atoms with Crippen molar-refractivity contribution in [2.24, 2.45) is 0 Å². The number of hydrogen-bond acceptors (Lipinski definition) is 5. The molecule has 0 spiro atoms. The van der Waals surface area contributed by atoms with Gasteiger partial charge >= 0.3 is 10.2 Å². The predicted octanol–water partition coefficient (Wildman–Crippen LogP) is 1.96. The molecule has 0 radical (unpaired) electrons. The van der Waals surface area contributed by atoms with Crippen LogP contribution in [0, 0.1) is 12.1 Å². The fourth-order valence-corrected chi connectivity index (χ4v) is 4.11. The first-order valence-electron chi connectivity index (χ1n) is 5.84. The first kappa shape index (κ1) is 16.2. The zero-order valence-electron chi connectivity index (χ0n) is 10.9. The summed E-state index contributed by atoms with van der Waals surface area (Å²) in [7, 11) is 0. The normalized spacial score (nSPS) is 16.7. The van der Waals surface area contributed by atoms with Gasteiger partial charge < -0.3 is 5.21 Å². The highest BCUT2D eigenvalue weighted by Crippen LogP contribution is 2.35. The second-order valence-corrected chi connectivity index (χ2v) is 6.47. The molecule has 1 unspecified atom stereocenters. The minimum absolute atomic E-state index is 0. The molecule has 1 aromatic heterocycles. The summed E-state index contributed by atoms with van der Waals surface area (Å²) < 4.78 is 2.66. The van der Waals surface area contributed by atoms with E-state index in [0.717, 1.165) is 15.6 Å². The number of aromatic nitrogens is 1. The van der Waals surface area contributed by atoms with Crippen LogP contribution in [0.2, 0.25) is 0 Å². The average Bonchev–Trinajstić information content (AvgIpc) is 2.93. The summed E-state index contributed by atoms with van der Waals surface area (Å²) in [4.78, 5) is 12.9. The highest BCUT2D eigenvalue weighted by atomic mass is 35.5. The molecule has 0 fully saturated rings. The molecular weight excluding hydrogens is 332 g/mol. The highest BCUT2D eigenvalue weighted by molar-refractivity contribution is 8.05. The Morgan fingerprint density at radius 1 is 1.33 bits per heavy atom. The summed E-state index contributed by atoms with van der Waals surface area (Å²) in [5, 5.41) is 20.6. The first-order valence-corrected chi connectivity index (χ1v) is 7.53. The van der Waals surface area contributed by atoms with Crippen LogP contribution in [-0.4, -0.2) is 11.1 Å². The van der Waals surface area contributed by atoms with Crippen molar-refractivity contribution in [2.75, 3.05) is 0 Å². The number of thiazole rings is 1. The van der Waals surface area contributed by atoms with Gasteiger partial charge in [0.2, 0.25) is 0 Å². The topological polar surface area (TPSA) is 68.7 Å². The molecule has 3 rings (SSSR count). The van der Waals surface area contributed by atoms with Gasteiger partial charge in [0.15, 0.2) is 11.4 Å². The van der Waals surface area contributed by atoms with Crippen molar-refractivity contribution in [3.63, 3.8) is 0 Å². The van der Waals surface area contributed by atoms with Crippen molar-refractivity contribution in [3.8, 4) is 0 Å². The fraction of sp³-hybridized carbons (Fsp3) is 0.0769. The van der Waals surface area contributed by atoms with E-state index in [9.17, 15) is 10.0 Å². The van der Waals surface area contributed by atoms with Gasteiger partial charge in [0.05, 0.1) is 5.38 Å². The Balaban J connectivity index is 0.00000161. The minimum atomic E-state index is -0.955. The lowest BCUT2D eigenvalue weighted by atomic mass is 10.2. The lowest BCUT2D eigenvalue weighted by Gasteiger charge is -2.10. The van der Waals surface area contributed by atoms with Crippen molar-refractivity contribution in [3.05, 3.63) is 51.0 Å². The molecule has 1 aromatic carbocycles. The van der Waals surface area contributed by atoms with Crippen LogP contribution in [0.15, 0.2) is 38.9 Å². The van der Waals surface area contributed by atoms with Crippen molar-refractivity contribution in [2.45, 2.75) is 11.3 Å². The molecule has 0 amide bonds. The Labute approximate surface area is 135 Å². The van der Waals surface area contributed by atoms with Crippen LogP contribution in [-0.2, 0) is 0 Å². The average molecular weight is 344 g/mol. The number of quaternary nitrogens is 1. The number of thioether (sulfide) groups is 1. The van der Waals surface area contributed by atoms with E-state index in [4.69, 9.17) is 5.21 Å². The van der Waals surface area contributed by atoms with E-state index in [0.29, 0.717) is 4.91 Å². The molecule has 1 aliphatic heterocycles. The Morgan fingerprint density at radius 2 is 2.00 bits per heavy atom. The second-order valence-electron chi connectivity index (χ2n) is 4.32. The number of carbonyl (C=O) groups is 1. The van der Waals surface area contributed by atoms with Crippen molar-refractivity contribution >= 4 is 53.2 Å². The van der Waals surface area contributed by atoms with Crippen LogP contribution in [0.4, 0.5) is 5.69 Å². The molecule has 21 heavy (non-hydrogen) atoms. The largest absolute Gasteiger partial charge is 0.595 e. The van der Waals surface area contributed by atoms with Gasteiger partial charge in [-0.1, -0.05) is 11.3 Å².